The maximum absolute atomic E-state index is 11.2. The molecule has 0 spiro atoms. The van der Waals surface area contributed by atoms with Crippen LogP contribution in [0.25, 0.3) is 11.5 Å². The van der Waals surface area contributed by atoms with E-state index in [1.807, 2.05) is 18.2 Å². The molecule has 3 aromatic heterocycles. The summed E-state index contributed by atoms with van der Waals surface area (Å²) in [6.45, 7) is 0. The summed E-state index contributed by atoms with van der Waals surface area (Å²) in [5, 5.41) is 22.0. The van der Waals surface area contributed by atoms with Crippen LogP contribution in [0.3, 0.4) is 0 Å². The fourth-order valence-corrected chi connectivity index (χ4v) is 2.71. The van der Waals surface area contributed by atoms with Gasteiger partial charge in [-0.15, -0.1) is 11.3 Å². The second-order valence-electron chi connectivity index (χ2n) is 4.54. The molecular weight excluding hydrogens is 332 g/mol. The zero-order chi connectivity index (χ0) is 16.9. The molecule has 0 unspecified atom stereocenters. The predicted molar refractivity (Wildman–Crippen MR) is 88.5 cm³/mol. The number of aromatic nitrogens is 2. The number of thiophene rings is 1. The molecule has 3 heterocycles. The molecule has 122 valence electrons. The molecule has 0 fully saturated rings. The maximum Gasteiger partial charge on any atom is 0.358 e. The van der Waals surface area contributed by atoms with Gasteiger partial charge in [-0.2, -0.15) is 0 Å². The number of oxime groups is 1. The number of rotatable bonds is 6. The molecule has 0 aliphatic carbocycles. The first-order chi connectivity index (χ1) is 11.7. The average Bonchev–Trinajstić information content (AvgIpc) is 3.23. The molecule has 0 atom stereocenters. The van der Waals surface area contributed by atoms with Gasteiger partial charge in [0.15, 0.2) is 17.3 Å². The molecule has 3 aromatic rings. The second kappa shape index (κ2) is 6.92. The van der Waals surface area contributed by atoms with Gasteiger partial charge in [0.05, 0.1) is 5.00 Å². The van der Waals surface area contributed by atoms with Crippen LogP contribution >= 0.6 is 11.3 Å². The highest BCUT2D eigenvalue weighted by Crippen LogP contribution is 2.27. The van der Waals surface area contributed by atoms with Gasteiger partial charge < -0.3 is 19.8 Å². The SMILES string of the molecule is CON=C(C(=O)O)c1csc(Nc2cc(-c3ccccn3)on2)c1. The van der Waals surface area contributed by atoms with Crippen LogP contribution in [0.15, 0.2) is 51.6 Å². The Kier molecular flexibility index (Phi) is 4.52. The van der Waals surface area contributed by atoms with Crippen LogP contribution in [0.4, 0.5) is 10.8 Å². The highest BCUT2D eigenvalue weighted by Gasteiger charge is 2.16. The summed E-state index contributed by atoms with van der Waals surface area (Å²) in [5.74, 6) is -0.147. The van der Waals surface area contributed by atoms with Crippen LogP contribution in [0.5, 0.6) is 0 Å². The fraction of sp³-hybridized carbons (Fsp3) is 0.0667. The third-order valence-corrected chi connectivity index (χ3v) is 3.78. The zero-order valence-electron chi connectivity index (χ0n) is 12.5. The minimum Gasteiger partial charge on any atom is -0.476 e. The third kappa shape index (κ3) is 3.41. The molecule has 24 heavy (non-hydrogen) atoms. The highest BCUT2D eigenvalue weighted by atomic mass is 32.1. The smallest absolute Gasteiger partial charge is 0.358 e. The molecule has 0 saturated carbocycles. The van der Waals surface area contributed by atoms with Crippen molar-refractivity contribution in [2.75, 3.05) is 12.4 Å². The summed E-state index contributed by atoms with van der Waals surface area (Å²) in [4.78, 5) is 19.9. The van der Waals surface area contributed by atoms with Crippen LogP contribution < -0.4 is 5.32 Å². The fourth-order valence-electron chi connectivity index (χ4n) is 1.92. The Bertz CT molecular complexity index is 872. The monoisotopic (exact) mass is 344 g/mol. The molecule has 0 aliphatic heterocycles. The molecule has 0 radical (unpaired) electrons. The molecule has 0 aliphatic rings. The molecule has 0 aromatic carbocycles. The maximum atomic E-state index is 11.2. The minimum absolute atomic E-state index is 0.170. The lowest BCUT2D eigenvalue weighted by Gasteiger charge is -1.97. The number of nitrogens with zero attached hydrogens (tertiary/aromatic N) is 3. The Morgan fingerprint density at radius 2 is 2.29 bits per heavy atom. The average molecular weight is 344 g/mol. The van der Waals surface area contributed by atoms with Crippen molar-refractivity contribution in [3.8, 4) is 11.5 Å². The van der Waals surface area contributed by atoms with E-state index in [9.17, 15) is 4.79 Å². The Balaban J connectivity index is 1.77. The van der Waals surface area contributed by atoms with Crippen LogP contribution in [0.2, 0.25) is 0 Å². The first kappa shape index (κ1) is 15.7. The van der Waals surface area contributed by atoms with Crippen molar-refractivity contribution in [3.05, 3.63) is 47.5 Å². The van der Waals surface area contributed by atoms with Crippen molar-refractivity contribution in [1.82, 2.24) is 10.1 Å². The third-order valence-electron chi connectivity index (χ3n) is 2.94. The molecule has 0 bridgehead atoms. The molecule has 3 rings (SSSR count). The molecule has 2 N–H and O–H groups in total. The van der Waals surface area contributed by atoms with E-state index in [1.165, 1.54) is 18.4 Å². The second-order valence-corrected chi connectivity index (χ2v) is 5.45. The van der Waals surface area contributed by atoms with Gasteiger partial charge in [-0.05, 0) is 18.2 Å². The summed E-state index contributed by atoms with van der Waals surface area (Å²) in [7, 11) is 1.29. The lowest BCUT2D eigenvalue weighted by Crippen LogP contribution is -2.13. The van der Waals surface area contributed by atoms with Gasteiger partial charge in [0.2, 0.25) is 0 Å². The van der Waals surface area contributed by atoms with Crippen LogP contribution in [0.1, 0.15) is 5.56 Å². The number of carboxylic acid groups (broad SMARTS) is 1. The van der Waals surface area contributed by atoms with Gasteiger partial charge in [0.1, 0.15) is 12.8 Å². The number of carbonyl (C=O) groups is 1. The summed E-state index contributed by atoms with van der Waals surface area (Å²) in [6.07, 6.45) is 1.67. The molecule has 0 saturated heterocycles. The zero-order valence-corrected chi connectivity index (χ0v) is 13.3. The van der Waals surface area contributed by atoms with Gasteiger partial charge in [0, 0.05) is 23.2 Å². The molecule has 8 nitrogen and oxygen atoms in total. The summed E-state index contributed by atoms with van der Waals surface area (Å²) < 4.78 is 5.25. The quantitative estimate of drug-likeness (QED) is 0.522. The number of anilines is 2. The van der Waals surface area contributed by atoms with Gasteiger partial charge in [-0.1, -0.05) is 16.4 Å². The number of aliphatic carboxylic acids is 1. The van der Waals surface area contributed by atoms with E-state index >= 15 is 0 Å². The predicted octanol–water partition coefficient (Wildman–Crippen LogP) is 2.98. The Morgan fingerprint density at radius 3 is 3.00 bits per heavy atom. The van der Waals surface area contributed by atoms with Crippen LogP contribution in [-0.4, -0.2) is 34.0 Å². The van der Waals surface area contributed by atoms with Gasteiger partial charge in [0.25, 0.3) is 0 Å². The Morgan fingerprint density at radius 1 is 1.42 bits per heavy atom. The van der Waals surface area contributed by atoms with Crippen molar-refractivity contribution in [2.24, 2.45) is 5.16 Å². The van der Waals surface area contributed by atoms with Crippen LogP contribution in [-0.2, 0) is 9.63 Å². The summed E-state index contributed by atoms with van der Waals surface area (Å²) in [5.41, 5.74) is 0.937. The van der Waals surface area contributed by atoms with Crippen molar-refractivity contribution >= 4 is 33.8 Å². The largest absolute Gasteiger partial charge is 0.476 e. The normalized spacial score (nSPS) is 11.3. The van der Waals surface area contributed by atoms with E-state index < -0.39 is 5.97 Å². The first-order valence-electron chi connectivity index (χ1n) is 6.76. The van der Waals surface area contributed by atoms with Crippen molar-refractivity contribution in [2.45, 2.75) is 0 Å². The van der Waals surface area contributed by atoms with E-state index in [1.54, 1.807) is 23.7 Å². The lowest BCUT2D eigenvalue weighted by molar-refractivity contribution is -0.129. The standard InChI is InChI=1S/C15H12N4O4S/c1-22-19-14(15(20)21)9-6-13(24-8-9)17-12-7-11(23-18-12)10-4-2-3-5-16-10/h2-8H,1H3,(H,17,18)(H,20,21). The van der Waals surface area contributed by atoms with Gasteiger partial charge >= 0.3 is 5.97 Å². The molecule has 0 amide bonds. The van der Waals surface area contributed by atoms with Gasteiger partial charge in [-0.25, -0.2) is 4.79 Å². The molecular formula is C15H12N4O4S. The highest BCUT2D eigenvalue weighted by molar-refractivity contribution is 7.14. The number of hydrogen-bond acceptors (Lipinski definition) is 8. The number of hydrogen-bond donors (Lipinski definition) is 2. The van der Waals surface area contributed by atoms with Crippen LogP contribution in [0, 0.1) is 0 Å². The Labute approximate surface area is 140 Å². The number of carboxylic acids is 1. The van der Waals surface area contributed by atoms with Crippen molar-refractivity contribution in [3.63, 3.8) is 0 Å². The summed E-state index contributed by atoms with van der Waals surface area (Å²) in [6, 6.07) is 8.84. The van der Waals surface area contributed by atoms with E-state index in [-0.39, 0.29) is 5.71 Å². The number of pyridine rings is 1. The first-order valence-corrected chi connectivity index (χ1v) is 7.64. The van der Waals surface area contributed by atoms with E-state index in [0.29, 0.717) is 27.8 Å². The Hall–Kier alpha value is -3.20. The molecule has 9 heteroatoms. The summed E-state index contributed by atoms with van der Waals surface area (Å²) >= 11 is 1.31. The topological polar surface area (TPSA) is 110 Å². The van der Waals surface area contributed by atoms with E-state index in [0.717, 1.165) is 0 Å². The van der Waals surface area contributed by atoms with Crippen molar-refractivity contribution < 1.29 is 19.3 Å². The lowest BCUT2D eigenvalue weighted by atomic mass is 10.2. The minimum atomic E-state index is -1.17. The van der Waals surface area contributed by atoms with E-state index in [4.69, 9.17) is 9.63 Å². The van der Waals surface area contributed by atoms with Crippen molar-refractivity contribution in [1.29, 1.82) is 0 Å². The van der Waals surface area contributed by atoms with Gasteiger partial charge in [-0.3, -0.25) is 4.98 Å². The van der Waals surface area contributed by atoms with E-state index in [2.05, 4.69) is 25.5 Å². The number of nitrogens with one attached hydrogen (secondary N) is 1.